The summed E-state index contributed by atoms with van der Waals surface area (Å²) in [5.41, 5.74) is 0. The third-order valence-corrected chi connectivity index (χ3v) is 5.54. The lowest BCUT2D eigenvalue weighted by atomic mass is 10.2. The summed E-state index contributed by atoms with van der Waals surface area (Å²) in [5, 5.41) is 0. The van der Waals surface area contributed by atoms with E-state index in [9.17, 15) is 0 Å². The van der Waals surface area contributed by atoms with Crippen molar-refractivity contribution < 1.29 is 0 Å². The zero-order valence-electron chi connectivity index (χ0n) is 8.75. The molecule has 0 nitrogen and oxygen atoms in total. The molecular formula is C12H16S2. The average Bonchev–Trinajstić information content (AvgIpc) is 2.51. The van der Waals surface area contributed by atoms with Gasteiger partial charge in [0.15, 0.2) is 0 Å². The minimum absolute atomic E-state index is 0.389. The lowest BCUT2D eigenvalue weighted by Crippen LogP contribution is -2.10. The number of rotatable bonds is 3. The van der Waals surface area contributed by atoms with Gasteiger partial charge in [0.1, 0.15) is 0 Å². The molecule has 1 aromatic carbocycles. The SMILES string of the molecule is CCCCC1(C)Sc2ccccc2S1. The van der Waals surface area contributed by atoms with Crippen molar-refractivity contribution in [3.63, 3.8) is 0 Å². The van der Waals surface area contributed by atoms with Crippen molar-refractivity contribution in [3.05, 3.63) is 24.3 Å². The van der Waals surface area contributed by atoms with E-state index >= 15 is 0 Å². The molecule has 2 rings (SSSR count). The third-order valence-electron chi connectivity index (χ3n) is 2.49. The Morgan fingerprint density at radius 2 is 1.71 bits per heavy atom. The second kappa shape index (κ2) is 4.19. The van der Waals surface area contributed by atoms with Crippen molar-refractivity contribution in [2.24, 2.45) is 0 Å². The van der Waals surface area contributed by atoms with Crippen molar-refractivity contribution in [2.75, 3.05) is 0 Å². The minimum atomic E-state index is 0.389. The van der Waals surface area contributed by atoms with Gasteiger partial charge in [0.05, 0.1) is 4.08 Å². The highest BCUT2D eigenvalue weighted by atomic mass is 32.2. The standard InChI is InChI=1S/C12H16S2/c1-3-4-9-12(2)13-10-7-5-6-8-11(10)14-12/h5-8H,3-4,9H2,1-2H3. The first-order chi connectivity index (χ1) is 6.73. The van der Waals surface area contributed by atoms with Gasteiger partial charge < -0.3 is 0 Å². The molecule has 1 aromatic rings. The van der Waals surface area contributed by atoms with Crippen LogP contribution in [0.2, 0.25) is 0 Å². The molecule has 0 fully saturated rings. The number of hydrogen-bond donors (Lipinski definition) is 0. The molecule has 0 amide bonds. The summed E-state index contributed by atoms with van der Waals surface area (Å²) in [6.45, 7) is 4.64. The summed E-state index contributed by atoms with van der Waals surface area (Å²) in [6, 6.07) is 8.75. The van der Waals surface area contributed by atoms with Crippen LogP contribution in [0.3, 0.4) is 0 Å². The first kappa shape index (κ1) is 10.4. The molecule has 0 spiro atoms. The van der Waals surface area contributed by atoms with Gasteiger partial charge in [-0.05, 0) is 25.5 Å². The molecule has 1 aliphatic rings. The van der Waals surface area contributed by atoms with Crippen LogP contribution in [0, 0.1) is 0 Å². The smallest absolute Gasteiger partial charge is 0.0677 e. The van der Waals surface area contributed by atoms with Crippen LogP contribution in [-0.4, -0.2) is 4.08 Å². The highest BCUT2D eigenvalue weighted by Gasteiger charge is 2.33. The zero-order valence-corrected chi connectivity index (χ0v) is 10.4. The van der Waals surface area contributed by atoms with E-state index in [-0.39, 0.29) is 0 Å². The summed E-state index contributed by atoms with van der Waals surface area (Å²) in [4.78, 5) is 2.94. The van der Waals surface area contributed by atoms with Crippen LogP contribution in [0.1, 0.15) is 33.1 Å². The molecule has 76 valence electrons. The largest absolute Gasteiger partial charge is 0.107 e. The van der Waals surface area contributed by atoms with Crippen molar-refractivity contribution in [1.29, 1.82) is 0 Å². The molecule has 0 saturated carbocycles. The van der Waals surface area contributed by atoms with Gasteiger partial charge >= 0.3 is 0 Å². The van der Waals surface area contributed by atoms with Gasteiger partial charge in [0.25, 0.3) is 0 Å². The Hall–Kier alpha value is -0.0800. The minimum Gasteiger partial charge on any atom is -0.107 e. The normalized spacial score (nSPS) is 18.1. The fourth-order valence-electron chi connectivity index (χ4n) is 1.70. The molecule has 0 N–H and O–H groups in total. The molecule has 0 bridgehead atoms. The Morgan fingerprint density at radius 3 is 2.21 bits per heavy atom. The predicted octanol–water partition coefficient (Wildman–Crippen LogP) is 4.79. The van der Waals surface area contributed by atoms with E-state index in [4.69, 9.17) is 0 Å². The molecule has 0 atom stereocenters. The maximum Gasteiger partial charge on any atom is 0.0677 e. The first-order valence-corrected chi connectivity index (χ1v) is 6.84. The maximum atomic E-state index is 2.37. The summed E-state index contributed by atoms with van der Waals surface area (Å²) in [6.07, 6.45) is 3.95. The van der Waals surface area contributed by atoms with Crippen molar-refractivity contribution in [1.82, 2.24) is 0 Å². The van der Waals surface area contributed by atoms with Gasteiger partial charge in [-0.25, -0.2) is 0 Å². The Balaban J connectivity index is 2.09. The van der Waals surface area contributed by atoms with Gasteiger partial charge in [0, 0.05) is 9.79 Å². The van der Waals surface area contributed by atoms with Crippen LogP contribution in [0.15, 0.2) is 34.1 Å². The van der Waals surface area contributed by atoms with E-state index < -0.39 is 0 Å². The lowest BCUT2D eigenvalue weighted by molar-refractivity contribution is 0.687. The van der Waals surface area contributed by atoms with E-state index in [0.29, 0.717) is 4.08 Å². The average molecular weight is 224 g/mol. The van der Waals surface area contributed by atoms with E-state index in [2.05, 4.69) is 38.1 Å². The second-order valence-electron chi connectivity index (χ2n) is 3.89. The quantitative estimate of drug-likeness (QED) is 0.724. The summed E-state index contributed by atoms with van der Waals surface area (Å²) in [5.74, 6) is 0. The van der Waals surface area contributed by atoms with Crippen LogP contribution in [-0.2, 0) is 0 Å². The molecule has 14 heavy (non-hydrogen) atoms. The van der Waals surface area contributed by atoms with Crippen LogP contribution in [0.5, 0.6) is 0 Å². The number of unbranched alkanes of at least 4 members (excludes halogenated alkanes) is 1. The molecule has 0 radical (unpaired) electrons. The Labute approximate surface area is 94.9 Å². The summed E-state index contributed by atoms with van der Waals surface area (Å²) < 4.78 is 0.389. The molecule has 1 heterocycles. The van der Waals surface area contributed by atoms with Gasteiger partial charge in [-0.1, -0.05) is 31.9 Å². The number of hydrogen-bond acceptors (Lipinski definition) is 2. The summed E-state index contributed by atoms with van der Waals surface area (Å²) >= 11 is 4.08. The Kier molecular flexibility index (Phi) is 3.13. The van der Waals surface area contributed by atoms with Crippen LogP contribution in [0.25, 0.3) is 0 Å². The second-order valence-corrected chi connectivity index (χ2v) is 7.24. The third kappa shape index (κ3) is 2.12. The lowest BCUT2D eigenvalue weighted by Gasteiger charge is -2.20. The molecule has 0 aliphatic carbocycles. The highest BCUT2D eigenvalue weighted by Crippen LogP contribution is 2.57. The number of benzene rings is 1. The molecule has 2 heteroatoms. The monoisotopic (exact) mass is 224 g/mol. The Bertz CT molecular complexity index is 295. The summed E-state index contributed by atoms with van der Waals surface area (Å²) in [7, 11) is 0. The number of fused-ring (bicyclic) bond motifs is 1. The van der Waals surface area contributed by atoms with E-state index in [1.54, 1.807) is 0 Å². The zero-order chi connectivity index (χ0) is 10.0. The fraction of sp³-hybridized carbons (Fsp3) is 0.500. The van der Waals surface area contributed by atoms with Gasteiger partial charge in [-0.3, -0.25) is 0 Å². The van der Waals surface area contributed by atoms with Gasteiger partial charge in [-0.15, -0.1) is 23.5 Å². The predicted molar refractivity (Wildman–Crippen MR) is 66.1 cm³/mol. The molecule has 0 unspecified atom stereocenters. The Morgan fingerprint density at radius 1 is 1.14 bits per heavy atom. The van der Waals surface area contributed by atoms with Crippen LogP contribution >= 0.6 is 23.5 Å². The topological polar surface area (TPSA) is 0 Å². The fourth-order valence-corrected chi connectivity index (χ4v) is 4.71. The van der Waals surface area contributed by atoms with Crippen molar-refractivity contribution in [2.45, 2.75) is 47.0 Å². The van der Waals surface area contributed by atoms with Crippen molar-refractivity contribution >= 4 is 23.5 Å². The van der Waals surface area contributed by atoms with Crippen LogP contribution in [0.4, 0.5) is 0 Å². The van der Waals surface area contributed by atoms with E-state index in [0.717, 1.165) is 0 Å². The van der Waals surface area contributed by atoms with Gasteiger partial charge in [0.2, 0.25) is 0 Å². The van der Waals surface area contributed by atoms with E-state index in [1.165, 1.54) is 29.1 Å². The van der Waals surface area contributed by atoms with Gasteiger partial charge in [-0.2, -0.15) is 0 Å². The number of thioether (sulfide) groups is 2. The van der Waals surface area contributed by atoms with Crippen molar-refractivity contribution in [3.8, 4) is 0 Å². The first-order valence-electron chi connectivity index (χ1n) is 5.20. The van der Waals surface area contributed by atoms with Crippen LogP contribution < -0.4 is 0 Å². The molecular weight excluding hydrogens is 208 g/mol. The molecule has 0 saturated heterocycles. The molecule has 0 aromatic heterocycles. The molecule has 1 aliphatic heterocycles. The maximum absolute atomic E-state index is 2.37. The highest BCUT2D eigenvalue weighted by molar-refractivity contribution is 8.20. The van der Waals surface area contributed by atoms with E-state index in [1.807, 2.05) is 23.5 Å².